The zero-order valence-corrected chi connectivity index (χ0v) is 13.8. The van der Waals surface area contributed by atoms with Crippen LogP contribution in [-0.4, -0.2) is 27.3 Å². The fraction of sp³-hybridized carbons (Fsp3) is 0.133. The fourth-order valence-electron chi connectivity index (χ4n) is 2.16. The van der Waals surface area contributed by atoms with E-state index in [2.05, 4.69) is 5.32 Å². The number of ether oxygens (including phenoxy) is 1. The molecule has 0 aliphatic heterocycles. The molecule has 1 amide bonds. The highest BCUT2D eigenvalue weighted by Crippen LogP contribution is 2.30. The van der Waals surface area contributed by atoms with Gasteiger partial charge < -0.3 is 10.1 Å². The van der Waals surface area contributed by atoms with E-state index in [1.165, 1.54) is 12.1 Å². The Morgan fingerprint density at radius 1 is 0.963 bits per heavy atom. The zero-order valence-electron chi connectivity index (χ0n) is 13.8. The van der Waals surface area contributed by atoms with Crippen molar-refractivity contribution in [2.45, 2.75) is 6.92 Å². The first-order valence-electron chi connectivity index (χ1n) is 7.39. The molecule has 27 heavy (non-hydrogen) atoms. The first kappa shape index (κ1) is 19.2. The van der Waals surface area contributed by atoms with Crippen LogP contribution in [0, 0.1) is 30.3 Å². The van der Waals surface area contributed by atoms with Crippen LogP contribution in [0.25, 0.3) is 0 Å². The Morgan fingerprint density at radius 3 is 2.04 bits per heavy atom. The van der Waals surface area contributed by atoms with Crippen LogP contribution in [0.1, 0.15) is 17.3 Å². The zero-order chi connectivity index (χ0) is 20.1. The Labute approximate surface area is 150 Å². The van der Waals surface area contributed by atoms with E-state index in [9.17, 15) is 35.1 Å². The van der Waals surface area contributed by atoms with Crippen molar-refractivity contribution in [1.82, 2.24) is 0 Å². The van der Waals surface area contributed by atoms with Crippen molar-refractivity contribution in [1.29, 1.82) is 0 Å². The highest BCUT2D eigenvalue weighted by molar-refractivity contribution is 6.06. The number of benzene rings is 2. The molecule has 0 aliphatic carbocycles. The van der Waals surface area contributed by atoms with Gasteiger partial charge in [0.2, 0.25) is 0 Å². The van der Waals surface area contributed by atoms with Crippen molar-refractivity contribution in [3.63, 3.8) is 0 Å². The van der Waals surface area contributed by atoms with Gasteiger partial charge >= 0.3 is 0 Å². The number of rotatable bonds is 7. The van der Waals surface area contributed by atoms with Gasteiger partial charge in [0.05, 0.1) is 39.1 Å². The maximum Gasteiger partial charge on any atom is 0.296 e. The Morgan fingerprint density at radius 2 is 1.56 bits per heavy atom. The lowest BCUT2D eigenvalue weighted by atomic mass is 10.1. The molecule has 12 heteroatoms. The average molecular weight is 376 g/mol. The van der Waals surface area contributed by atoms with Crippen LogP contribution in [0.5, 0.6) is 5.75 Å². The summed E-state index contributed by atoms with van der Waals surface area (Å²) in [5.41, 5.74) is -2.36. The third-order valence-corrected chi connectivity index (χ3v) is 3.31. The van der Waals surface area contributed by atoms with E-state index in [0.29, 0.717) is 6.07 Å². The maximum absolute atomic E-state index is 12.3. The van der Waals surface area contributed by atoms with Gasteiger partial charge in [0.25, 0.3) is 23.0 Å². The molecule has 0 atom stereocenters. The molecular weight excluding hydrogens is 364 g/mol. The number of nitrogens with zero attached hydrogens (tertiary/aromatic N) is 3. The summed E-state index contributed by atoms with van der Waals surface area (Å²) >= 11 is 0. The molecule has 2 aromatic carbocycles. The van der Waals surface area contributed by atoms with Crippen LogP contribution >= 0.6 is 0 Å². The third kappa shape index (κ3) is 4.50. The lowest BCUT2D eigenvalue weighted by molar-refractivity contribution is -0.394. The van der Waals surface area contributed by atoms with Gasteiger partial charge in [-0.2, -0.15) is 0 Å². The van der Waals surface area contributed by atoms with Crippen LogP contribution in [-0.2, 0) is 0 Å². The van der Waals surface area contributed by atoms with Gasteiger partial charge in [-0.3, -0.25) is 35.1 Å². The van der Waals surface area contributed by atoms with E-state index in [0.717, 1.165) is 18.2 Å². The number of non-ortho nitro benzene ring substituents is 2. The van der Waals surface area contributed by atoms with E-state index in [1.54, 1.807) is 6.92 Å². The number of hydrogen-bond donors (Lipinski definition) is 1. The number of carbonyl (C=O) groups excluding carboxylic acids is 1. The van der Waals surface area contributed by atoms with Gasteiger partial charge in [0.15, 0.2) is 0 Å². The Bertz CT molecular complexity index is 911. The summed E-state index contributed by atoms with van der Waals surface area (Å²) in [6, 6.07) is 6.10. The van der Waals surface area contributed by atoms with Gasteiger partial charge in [-0.25, -0.2) is 0 Å². The van der Waals surface area contributed by atoms with Crippen LogP contribution in [0.4, 0.5) is 22.7 Å². The Hall–Kier alpha value is -4.09. The smallest absolute Gasteiger partial charge is 0.296 e. The Balaban J connectivity index is 2.41. The van der Waals surface area contributed by atoms with Crippen LogP contribution < -0.4 is 10.1 Å². The molecule has 0 saturated heterocycles. The average Bonchev–Trinajstić information content (AvgIpc) is 2.62. The number of nitrogens with one attached hydrogen (secondary N) is 1. The molecule has 0 aliphatic rings. The Kier molecular flexibility index (Phi) is 5.60. The van der Waals surface area contributed by atoms with E-state index in [4.69, 9.17) is 4.74 Å². The summed E-state index contributed by atoms with van der Waals surface area (Å²) in [4.78, 5) is 42.8. The summed E-state index contributed by atoms with van der Waals surface area (Å²) in [7, 11) is 0. The van der Waals surface area contributed by atoms with Crippen LogP contribution in [0.15, 0.2) is 36.4 Å². The van der Waals surface area contributed by atoms with Crippen molar-refractivity contribution < 1.29 is 24.3 Å². The number of anilines is 1. The molecule has 0 aromatic heterocycles. The van der Waals surface area contributed by atoms with Crippen molar-refractivity contribution >= 4 is 28.7 Å². The summed E-state index contributed by atoms with van der Waals surface area (Å²) in [6.07, 6.45) is 0. The summed E-state index contributed by atoms with van der Waals surface area (Å²) in [6.45, 7) is 1.97. The van der Waals surface area contributed by atoms with Crippen LogP contribution in [0.2, 0.25) is 0 Å². The predicted molar refractivity (Wildman–Crippen MR) is 92.0 cm³/mol. The molecule has 0 heterocycles. The molecular formula is C15H12N4O8. The molecule has 0 radical (unpaired) electrons. The summed E-state index contributed by atoms with van der Waals surface area (Å²) in [5, 5.41) is 35.2. The number of hydrogen-bond acceptors (Lipinski definition) is 8. The van der Waals surface area contributed by atoms with E-state index in [1.807, 2.05) is 0 Å². The van der Waals surface area contributed by atoms with Crippen LogP contribution in [0.3, 0.4) is 0 Å². The lowest BCUT2D eigenvalue weighted by Gasteiger charge is -2.08. The molecule has 0 saturated carbocycles. The second-order valence-corrected chi connectivity index (χ2v) is 5.08. The van der Waals surface area contributed by atoms with Crippen molar-refractivity contribution in [2.24, 2.45) is 0 Å². The lowest BCUT2D eigenvalue weighted by Crippen LogP contribution is -2.14. The fourth-order valence-corrected chi connectivity index (χ4v) is 2.16. The minimum atomic E-state index is -0.978. The SMILES string of the molecule is CCOc1ccc(NC(=O)c2cc([N+](=O)[O-])cc([N+](=O)[O-])c2)c([N+](=O)[O-])c1. The van der Waals surface area contributed by atoms with E-state index in [-0.39, 0.29) is 23.6 Å². The van der Waals surface area contributed by atoms with Gasteiger partial charge in [-0.1, -0.05) is 0 Å². The molecule has 0 spiro atoms. The van der Waals surface area contributed by atoms with E-state index >= 15 is 0 Å². The maximum atomic E-state index is 12.3. The summed E-state index contributed by atoms with van der Waals surface area (Å²) < 4.78 is 5.16. The minimum Gasteiger partial charge on any atom is -0.494 e. The molecule has 1 N–H and O–H groups in total. The third-order valence-electron chi connectivity index (χ3n) is 3.31. The number of nitro benzene ring substituents is 3. The van der Waals surface area contributed by atoms with Crippen molar-refractivity contribution in [3.05, 3.63) is 72.3 Å². The molecule has 0 unspecified atom stereocenters. The van der Waals surface area contributed by atoms with Gasteiger partial charge in [0.1, 0.15) is 11.4 Å². The normalized spacial score (nSPS) is 10.1. The molecule has 140 valence electrons. The molecule has 2 aromatic rings. The van der Waals surface area contributed by atoms with Crippen molar-refractivity contribution in [2.75, 3.05) is 11.9 Å². The highest BCUT2D eigenvalue weighted by atomic mass is 16.6. The second-order valence-electron chi connectivity index (χ2n) is 5.08. The van der Waals surface area contributed by atoms with Gasteiger partial charge in [-0.15, -0.1) is 0 Å². The topological polar surface area (TPSA) is 168 Å². The number of nitro groups is 3. The first-order valence-corrected chi connectivity index (χ1v) is 7.39. The molecule has 12 nitrogen and oxygen atoms in total. The number of amides is 1. The summed E-state index contributed by atoms with van der Waals surface area (Å²) in [5.74, 6) is -0.762. The van der Waals surface area contributed by atoms with E-state index < -0.39 is 37.7 Å². The quantitative estimate of drug-likeness (QED) is 0.568. The van der Waals surface area contributed by atoms with Crippen molar-refractivity contribution in [3.8, 4) is 5.75 Å². The molecule has 0 fully saturated rings. The minimum absolute atomic E-state index is 0.192. The second kappa shape index (κ2) is 7.86. The predicted octanol–water partition coefficient (Wildman–Crippen LogP) is 3.06. The van der Waals surface area contributed by atoms with Gasteiger partial charge in [0, 0.05) is 12.1 Å². The van der Waals surface area contributed by atoms with Gasteiger partial charge in [-0.05, 0) is 19.1 Å². The first-order chi connectivity index (χ1) is 12.7. The molecule has 0 bridgehead atoms. The molecule has 2 rings (SSSR count). The number of carbonyl (C=O) groups is 1. The standard InChI is InChI=1S/C15H12N4O8/c1-2-27-12-3-4-13(14(8-12)19(25)26)16-15(20)9-5-10(17(21)22)7-11(6-9)18(23)24/h3-8H,2H2,1H3,(H,16,20). The largest absolute Gasteiger partial charge is 0.494 e. The highest BCUT2D eigenvalue weighted by Gasteiger charge is 2.22. The monoisotopic (exact) mass is 376 g/mol.